The van der Waals surface area contributed by atoms with Gasteiger partial charge >= 0.3 is 0 Å². The van der Waals surface area contributed by atoms with Gasteiger partial charge in [0.25, 0.3) is 0 Å². The molecule has 0 fully saturated rings. The fourth-order valence-corrected chi connectivity index (χ4v) is 3.41. The topological polar surface area (TPSA) is 17.8 Å². The molecule has 0 bridgehead atoms. The maximum absolute atomic E-state index is 6.36. The van der Waals surface area contributed by atoms with Crippen LogP contribution in [-0.2, 0) is 5.88 Å². The van der Waals surface area contributed by atoms with Crippen molar-refractivity contribution in [2.45, 2.75) is 5.88 Å². The van der Waals surface area contributed by atoms with E-state index in [9.17, 15) is 0 Å². The molecule has 0 atom stereocenters. The van der Waals surface area contributed by atoms with Gasteiger partial charge in [0.2, 0.25) is 0 Å². The highest BCUT2D eigenvalue weighted by Crippen LogP contribution is 2.31. The highest BCUT2D eigenvalue weighted by Gasteiger charge is 2.14. The van der Waals surface area contributed by atoms with Crippen molar-refractivity contribution in [1.82, 2.24) is 9.55 Å². The average molecular weight is 435 g/mol. The molecule has 3 aromatic rings. The molecule has 20 heavy (non-hydrogen) atoms. The second kappa shape index (κ2) is 5.68. The summed E-state index contributed by atoms with van der Waals surface area (Å²) >= 11 is 19.3. The van der Waals surface area contributed by atoms with Gasteiger partial charge in [0.15, 0.2) is 0 Å². The molecule has 1 heterocycles. The van der Waals surface area contributed by atoms with E-state index >= 15 is 0 Å². The third-order valence-corrected chi connectivity index (χ3v) is 4.48. The predicted octanol–water partition coefficient (Wildman–Crippen LogP) is 5.94. The molecule has 3 rings (SSSR count). The second-order valence-electron chi connectivity index (χ2n) is 4.23. The Labute approximate surface area is 143 Å². The average Bonchev–Trinajstić information content (AvgIpc) is 2.76. The van der Waals surface area contributed by atoms with Crippen LogP contribution in [0.15, 0.2) is 45.3 Å². The van der Waals surface area contributed by atoms with Crippen molar-refractivity contribution < 1.29 is 0 Å². The first kappa shape index (κ1) is 14.4. The molecule has 0 radical (unpaired) electrons. The maximum Gasteiger partial charge on any atom is 0.129 e. The fraction of sp³-hybridized carbons (Fsp3) is 0.0714. The molecular weight excluding hydrogens is 427 g/mol. The SMILES string of the molecule is ClCc1nc2ccc(Br)cc2n1-c1ccc(Br)cc1Cl. The van der Waals surface area contributed by atoms with Crippen molar-refractivity contribution in [1.29, 1.82) is 0 Å². The Morgan fingerprint density at radius 1 is 1.05 bits per heavy atom. The molecule has 2 aromatic carbocycles. The Morgan fingerprint density at radius 3 is 2.45 bits per heavy atom. The summed E-state index contributed by atoms with van der Waals surface area (Å²) in [6.45, 7) is 0. The summed E-state index contributed by atoms with van der Waals surface area (Å²) in [5, 5.41) is 0.644. The van der Waals surface area contributed by atoms with E-state index in [1.54, 1.807) is 0 Å². The number of aromatic nitrogens is 2. The molecule has 0 aliphatic carbocycles. The zero-order valence-electron chi connectivity index (χ0n) is 10.1. The number of hydrogen-bond donors (Lipinski definition) is 0. The lowest BCUT2D eigenvalue weighted by Crippen LogP contribution is -2.00. The van der Waals surface area contributed by atoms with Crippen molar-refractivity contribution in [3.63, 3.8) is 0 Å². The molecule has 0 spiro atoms. The van der Waals surface area contributed by atoms with Crippen molar-refractivity contribution >= 4 is 66.1 Å². The van der Waals surface area contributed by atoms with E-state index in [1.165, 1.54) is 0 Å². The van der Waals surface area contributed by atoms with Crippen LogP contribution in [0.4, 0.5) is 0 Å². The molecular formula is C14H8Br2Cl2N2. The molecule has 0 saturated carbocycles. The monoisotopic (exact) mass is 432 g/mol. The Morgan fingerprint density at radius 2 is 1.75 bits per heavy atom. The molecule has 102 valence electrons. The summed E-state index contributed by atoms with van der Waals surface area (Å²) in [6.07, 6.45) is 0. The first-order chi connectivity index (χ1) is 9.60. The van der Waals surface area contributed by atoms with Crippen molar-refractivity contribution in [2.75, 3.05) is 0 Å². The molecule has 0 unspecified atom stereocenters. The van der Waals surface area contributed by atoms with E-state index in [0.29, 0.717) is 10.9 Å². The van der Waals surface area contributed by atoms with Gasteiger partial charge in [-0.25, -0.2) is 4.98 Å². The normalized spacial score (nSPS) is 11.2. The predicted molar refractivity (Wildman–Crippen MR) is 91.0 cm³/mol. The van der Waals surface area contributed by atoms with E-state index in [0.717, 1.165) is 31.5 Å². The zero-order chi connectivity index (χ0) is 14.3. The quantitative estimate of drug-likeness (QED) is 0.456. The lowest BCUT2D eigenvalue weighted by Gasteiger charge is -2.10. The lowest BCUT2D eigenvalue weighted by molar-refractivity contribution is 0.981. The standard InChI is InChI=1S/C14H8Br2Cl2N2/c15-8-2-4-12(10(18)5-8)20-13-6-9(16)1-3-11(13)19-14(20)7-17/h1-6H,7H2. The number of fused-ring (bicyclic) bond motifs is 1. The lowest BCUT2D eigenvalue weighted by atomic mass is 10.2. The molecule has 2 nitrogen and oxygen atoms in total. The fourth-order valence-electron chi connectivity index (χ4n) is 2.12. The first-order valence-electron chi connectivity index (χ1n) is 5.78. The number of rotatable bonds is 2. The van der Waals surface area contributed by atoms with Crippen LogP contribution in [-0.4, -0.2) is 9.55 Å². The second-order valence-corrected chi connectivity index (χ2v) is 6.73. The summed E-state index contributed by atoms with van der Waals surface area (Å²) in [6, 6.07) is 11.7. The van der Waals surface area contributed by atoms with Gasteiger partial charge in [-0.05, 0) is 36.4 Å². The van der Waals surface area contributed by atoms with Crippen molar-refractivity contribution in [3.8, 4) is 5.69 Å². The smallest absolute Gasteiger partial charge is 0.129 e. The van der Waals surface area contributed by atoms with Gasteiger partial charge < -0.3 is 0 Å². The number of nitrogens with zero attached hydrogens (tertiary/aromatic N) is 2. The first-order valence-corrected chi connectivity index (χ1v) is 8.28. The summed E-state index contributed by atoms with van der Waals surface area (Å²) in [4.78, 5) is 4.55. The van der Waals surface area contributed by atoms with Crippen LogP contribution in [0.3, 0.4) is 0 Å². The van der Waals surface area contributed by atoms with Crippen LogP contribution in [0, 0.1) is 0 Å². The Bertz CT molecular complexity index is 799. The minimum Gasteiger partial charge on any atom is -0.294 e. The minimum atomic E-state index is 0.318. The number of benzene rings is 2. The van der Waals surface area contributed by atoms with Gasteiger partial charge in [-0.3, -0.25) is 4.57 Å². The third-order valence-electron chi connectivity index (χ3n) is 2.96. The highest BCUT2D eigenvalue weighted by molar-refractivity contribution is 9.10. The van der Waals surface area contributed by atoms with E-state index in [2.05, 4.69) is 36.8 Å². The van der Waals surface area contributed by atoms with Crippen LogP contribution in [0.2, 0.25) is 5.02 Å². The van der Waals surface area contributed by atoms with Crippen molar-refractivity contribution in [2.24, 2.45) is 0 Å². The van der Waals surface area contributed by atoms with Gasteiger partial charge in [0, 0.05) is 8.95 Å². The Hall–Kier alpha value is -0.550. The molecule has 1 aromatic heterocycles. The van der Waals surface area contributed by atoms with E-state index in [-0.39, 0.29) is 0 Å². The summed E-state index contributed by atoms with van der Waals surface area (Å²) in [7, 11) is 0. The minimum absolute atomic E-state index is 0.318. The maximum atomic E-state index is 6.36. The molecule has 6 heteroatoms. The Kier molecular flexibility index (Phi) is 4.09. The molecule has 0 aliphatic heterocycles. The third kappa shape index (κ3) is 2.50. The van der Waals surface area contributed by atoms with Crippen LogP contribution in [0.1, 0.15) is 5.82 Å². The van der Waals surface area contributed by atoms with Gasteiger partial charge in [-0.15, -0.1) is 11.6 Å². The molecule has 0 N–H and O–H groups in total. The van der Waals surface area contributed by atoms with Gasteiger partial charge in [-0.1, -0.05) is 43.5 Å². The van der Waals surface area contributed by atoms with Gasteiger partial charge in [0.05, 0.1) is 27.6 Å². The van der Waals surface area contributed by atoms with Gasteiger partial charge in [0.1, 0.15) is 5.82 Å². The van der Waals surface area contributed by atoms with Crippen molar-refractivity contribution in [3.05, 3.63) is 56.2 Å². The van der Waals surface area contributed by atoms with Crippen LogP contribution < -0.4 is 0 Å². The van der Waals surface area contributed by atoms with Crippen LogP contribution >= 0.6 is 55.1 Å². The summed E-state index contributed by atoms with van der Waals surface area (Å²) in [5.41, 5.74) is 2.73. The van der Waals surface area contributed by atoms with Crippen LogP contribution in [0.25, 0.3) is 16.7 Å². The molecule has 0 aliphatic rings. The van der Waals surface area contributed by atoms with Crippen LogP contribution in [0.5, 0.6) is 0 Å². The summed E-state index contributed by atoms with van der Waals surface area (Å²) < 4.78 is 3.91. The summed E-state index contributed by atoms with van der Waals surface area (Å²) in [5.74, 6) is 1.09. The largest absolute Gasteiger partial charge is 0.294 e. The zero-order valence-corrected chi connectivity index (χ0v) is 14.8. The van der Waals surface area contributed by atoms with E-state index in [1.807, 2.05) is 41.0 Å². The van der Waals surface area contributed by atoms with E-state index < -0.39 is 0 Å². The van der Waals surface area contributed by atoms with Gasteiger partial charge in [-0.2, -0.15) is 0 Å². The number of imidazole rings is 1. The highest BCUT2D eigenvalue weighted by atomic mass is 79.9. The number of alkyl halides is 1. The number of halogens is 4. The van der Waals surface area contributed by atoms with E-state index in [4.69, 9.17) is 23.2 Å². The molecule has 0 amide bonds. The number of hydrogen-bond acceptors (Lipinski definition) is 1. The molecule has 0 saturated heterocycles. The Balaban J connectivity index is 2.36.